The monoisotopic (exact) mass is 295 g/mol. The lowest BCUT2D eigenvalue weighted by Crippen LogP contribution is -2.51. The molecule has 1 amide bonds. The number of nitrogens with one attached hydrogen (secondary N) is 1. The maximum atomic E-state index is 12.0. The molecule has 3 fully saturated rings. The van der Waals surface area contributed by atoms with Crippen molar-refractivity contribution in [2.75, 3.05) is 32.7 Å². The van der Waals surface area contributed by atoms with Crippen molar-refractivity contribution in [2.24, 2.45) is 0 Å². The molecule has 3 atom stereocenters. The van der Waals surface area contributed by atoms with Crippen LogP contribution in [0.5, 0.6) is 0 Å². The molecule has 120 valence electrons. The van der Waals surface area contributed by atoms with Gasteiger partial charge in [0.25, 0.3) is 0 Å². The molecule has 1 saturated carbocycles. The van der Waals surface area contributed by atoms with E-state index in [9.17, 15) is 4.79 Å². The highest BCUT2D eigenvalue weighted by atomic mass is 16.5. The quantitative estimate of drug-likeness (QED) is 0.816. The molecule has 3 rings (SSSR count). The number of hydrogen-bond acceptors (Lipinski definition) is 4. The molecule has 21 heavy (non-hydrogen) atoms. The third-order valence-electron chi connectivity index (χ3n) is 4.75. The summed E-state index contributed by atoms with van der Waals surface area (Å²) >= 11 is 0. The van der Waals surface area contributed by atoms with Gasteiger partial charge in [-0.2, -0.15) is 0 Å². The molecule has 0 radical (unpaired) electrons. The largest absolute Gasteiger partial charge is 0.373 e. The fourth-order valence-corrected chi connectivity index (χ4v) is 3.73. The van der Waals surface area contributed by atoms with Gasteiger partial charge in [-0.25, -0.2) is 0 Å². The average Bonchev–Trinajstić information content (AvgIpc) is 3.09. The minimum absolute atomic E-state index is 0.216. The van der Waals surface area contributed by atoms with Gasteiger partial charge in [-0.05, 0) is 46.1 Å². The molecule has 0 aromatic heterocycles. The fraction of sp³-hybridized carbons (Fsp3) is 0.938. The zero-order valence-electron chi connectivity index (χ0n) is 13.4. The Morgan fingerprint density at radius 3 is 2.57 bits per heavy atom. The van der Waals surface area contributed by atoms with Crippen molar-refractivity contribution in [1.82, 2.24) is 15.1 Å². The average molecular weight is 295 g/mol. The van der Waals surface area contributed by atoms with E-state index in [-0.39, 0.29) is 5.91 Å². The lowest BCUT2D eigenvalue weighted by atomic mass is 10.1. The SMILES string of the molecule is C[C@@H]1CN(C[C@@H]2CCCN2CC(=O)NC2CC2)C[C@@H](C)O1. The number of amides is 1. The van der Waals surface area contributed by atoms with Gasteiger partial charge in [0.05, 0.1) is 18.8 Å². The van der Waals surface area contributed by atoms with Crippen molar-refractivity contribution in [3.8, 4) is 0 Å². The van der Waals surface area contributed by atoms with E-state index in [0.717, 1.165) is 26.2 Å². The van der Waals surface area contributed by atoms with Crippen LogP contribution in [0.1, 0.15) is 39.5 Å². The Balaban J connectivity index is 1.47. The number of nitrogens with zero attached hydrogens (tertiary/aromatic N) is 2. The zero-order valence-corrected chi connectivity index (χ0v) is 13.4. The molecule has 0 aromatic carbocycles. The number of morpholine rings is 1. The number of ether oxygens (including phenoxy) is 1. The van der Waals surface area contributed by atoms with Crippen molar-refractivity contribution in [1.29, 1.82) is 0 Å². The first-order chi connectivity index (χ1) is 10.1. The Morgan fingerprint density at radius 2 is 1.90 bits per heavy atom. The summed E-state index contributed by atoms with van der Waals surface area (Å²) in [4.78, 5) is 16.9. The summed E-state index contributed by atoms with van der Waals surface area (Å²) in [5.41, 5.74) is 0. The summed E-state index contributed by atoms with van der Waals surface area (Å²) in [5, 5.41) is 3.10. The smallest absolute Gasteiger partial charge is 0.234 e. The molecule has 1 aliphatic carbocycles. The predicted molar refractivity (Wildman–Crippen MR) is 82.2 cm³/mol. The first-order valence-corrected chi connectivity index (χ1v) is 8.51. The van der Waals surface area contributed by atoms with Gasteiger partial charge in [0, 0.05) is 31.7 Å². The second-order valence-corrected chi connectivity index (χ2v) is 7.08. The third-order valence-corrected chi connectivity index (χ3v) is 4.75. The highest BCUT2D eigenvalue weighted by Gasteiger charge is 2.31. The Labute approximate surface area is 128 Å². The van der Waals surface area contributed by atoms with Crippen LogP contribution in [0.15, 0.2) is 0 Å². The number of likely N-dealkylation sites (tertiary alicyclic amines) is 1. The predicted octanol–water partition coefficient (Wildman–Crippen LogP) is 0.839. The third kappa shape index (κ3) is 4.41. The van der Waals surface area contributed by atoms with Gasteiger partial charge in [-0.15, -0.1) is 0 Å². The number of carbonyl (C=O) groups excluding carboxylic acids is 1. The summed E-state index contributed by atoms with van der Waals surface area (Å²) in [6, 6.07) is 1.01. The van der Waals surface area contributed by atoms with E-state index in [4.69, 9.17) is 4.74 Å². The fourth-order valence-electron chi connectivity index (χ4n) is 3.73. The lowest BCUT2D eigenvalue weighted by Gasteiger charge is -2.38. The number of rotatable bonds is 5. The van der Waals surface area contributed by atoms with E-state index in [1.807, 2.05) is 0 Å². The van der Waals surface area contributed by atoms with Gasteiger partial charge in [0.1, 0.15) is 0 Å². The van der Waals surface area contributed by atoms with Crippen LogP contribution in [0.25, 0.3) is 0 Å². The lowest BCUT2D eigenvalue weighted by molar-refractivity contribution is -0.123. The zero-order chi connectivity index (χ0) is 14.8. The summed E-state index contributed by atoms with van der Waals surface area (Å²) in [7, 11) is 0. The van der Waals surface area contributed by atoms with E-state index in [1.165, 1.54) is 25.7 Å². The molecule has 0 bridgehead atoms. The molecular weight excluding hydrogens is 266 g/mol. The summed E-state index contributed by atoms with van der Waals surface area (Å²) in [6.07, 6.45) is 5.41. The van der Waals surface area contributed by atoms with Gasteiger partial charge in [-0.3, -0.25) is 14.6 Å². The van der Waals surface area contributed by atoms with E-state index in [0.29, 0.717) is 30.8 Å². The van der Waals surface area contributed by atoms with Gasteiger partial charge in [0.15, 0.2) is 0 Å². The van der Waals surface area contributed by atoms with Crippen LogP contribution in [0.4, 0.5) is 0 Å². The van der Waals surface area contributed by atoms with Crippen LogP contribution in [0.2, 0.25) is 0 Å². The second-order valence-electron chi connectivity index (χ2n) is 7.08. The van der Waals surface area contributed by atoms with Gasteiger partial charge in [-0.1, -0.05) is 0 Å². The van der Waals surface area contributed by atoms with Gasteiger partial charge in [0.2, 0.25) is 5.91 Å². The summed E-state index contributed by atoms with van der Waals surface area (Å²) in [5.74, 6) is 0.216. The Kier molecular flexibility index (Phi) is 4.82. The van der Waals surface area contributed by atoms with Gasteiger partial charge >= 0.3 is 0 Å². The van der Waals surface area contributed by atoms with E-state index < -0.39 is 0 Å². The normalized spacial score (nSPS) is 35.0. The van der Waals surface area contributed by atoms with Crippen molar-refractivity contribution in [2.45, 2.75) is 63.8 Å². The molecule has 1 N–H and O–H groups in total. The first-order valence-electron chi connectivity index (χ1n) is 8.51. The molecule has 5 heteroatoms. The molecule has 0 spiro atoms. The maximum Gasteiger partial charge on any atom is 0.234 e. The number of hydrogen-bond donors (Lipinski definition) is 1. The van der Waals surface area contributed by atoms with Crippen LogP contribution in [0, 0.1) is 0 Å². The number of carbonyl (C=O) groups is 1. The molecule has 2 heterocycles. The van der Waals surface area contributed by atoms with Crippen LogP contribution in [-0.4, -0.2) is 72.7 Å². The molecule has 0 unspecified atom stereocenters. The van der Waals surface area contributed by atoms with Crippen LogP contribution < -0.4 is 5.32 Å². The molecular formula is C16H29N3O2. The van der Waals surface area contributed by atoms with E-state index in [2.05, 4.69) is 29.0 Å². The summed E-state index contributed by atoms with van der Waals surface area (Å²) < 4.78 is 5.80. The Bertz CT molecular complexity index is 363. The molecule has 2 aliphatic heterocycles. The molecule has 5 nitrogen and oxygen atoms in total. The Morgan fingerprint density at radius 1 is 1.19 bits per heavy atom. The first kappa shape index (κ1) is 15.3. The standard InChI is InChI=1S/C16H29N3O2/c1-12-8-18(9-13(2)21-12)10-15-4-3-7-19(15)11-16(20)17-14-5-6-14/h12-15H,3-11H2,1-2H3,(H,17,20)/t12-,13-,15+/m1/s1. The highest BCUT2D eigenvalue weighted by molar-refractivity contribution is 5.78. The van der Waals surface area contributed by atoms with Crippen molar-refractivity contribution < 1.29 is 9.53 Å². The molecule has 2 saturated heterocycles. The Hall–Kier alpha value is -0.650. The van der Waals surface area contributed by atoms with Crippen molar-refractivity contribution in [3.05, 3.63) is 0 Å². The van der Waals surface area contributed by atoms with Crippen LogP contribution >= 0.6 is 0 Å². The van der Waals surface area contributed by atoms with Gasteiger partial charge < -0.3 is 10.1 Å². The topological polar surface area (TPSA) is 44.8 Å². The van der Waals surface area contributed by atoms with E-state index in [1.54, 1.807) is 0 Å². The van der Waals surface area contributed by atoms with E-state index >= 15 is 0 Å². The second kappa shape index (κ2) is 6.63. The molecule has 0 aromatic rings. The van der Waals surface area contributed by atoms with Crippen LogP contribution in [0.3, 0.4) is 0 Å². The highest BCUT2D eigenvalue weighted by Crippen LogP contribution is 2.21. The molecule has 3 aliphatic rings. The van der Waals surface area contributed by atoms with Crippen molar-refractivity contribution in [3.63, 3.8) is 0 Å². The minimum Gasteiger partial charge on any atom is -0.373 e. The van der Waals surface area contributed by atoms with Crippen LogP contribution in [-0.2, 0) is 9.53 Å². The minimum atomic E-state index is 0.216. The summed E-state index contributed by atoms with van der Waals surface area (Å²) in [6.45, 7) is 9.06. The maximum absolute atomic E-state index is 12.0. The van der Waals surface area contributed by atoms with Crippen molar-refractivity contribution >= 4 is 5.91 Å².